The molecule has 0 spiro atoms. The fourth-order valence-electron chi connectivity index (χ4n) is 10.00. The number of allylic oxidation sites excluding steroid dienone is 1. The molecule has 5 aliphatic rings. The number of fused-ring (bicyclic) bond motifs is 6. The maximum Gasteiger partial charge on any atom is 0.309 e. The Labute approximate surface area is 284 Å². The predicted molar refractivity (Wildman–Crippen MR) is 183 cm³/mol. The average Bonchev–Trinajstić information content (AvgIpc) is 3.76. The highest BCUT2D eigenvalue weighted by molar-refractivity contribution is 8.13. The van der Waals surface area contributed by atoms with Gasteiger partial charge in [0.1, 0.15) is 6.01 Å². The van der Waals surface area contributed by atoms with Crippen LogP contribution in [-0.2, 0) is 20.7 Å². The fourth-order valence-corrected chi connectivity index (χ4v) is 11.1. The topological polar surface area (TPSA) is 98.5 Å². The Morgan fingerprint density at radius 1 is 1.17 bits per heavy atom. The van der Waals surface area contributed by atoms with Crippen molar-refractivity contribution in [3.63, 3.8) is 0 Å². The molecule has 4 saturated carbocycles. The average molecular weight is 681 g/mol. The molecule has 0 unspecified atom stereocenters. The van der Waals surface area contributed by atoms with E-state index in [1.54, 1.807) is 11.8 Å². The number of hydrogen-bond donors (Lipinski definition) is 1. The Balaban J connectivity index is 1.17. The second-order valence-electron chi connectivity index (χ2n) is 14.9. The van der Waals surface area contributed by atoms with Crippen molar-refractivity contribution >= 4 is 46.5 Å². The monoisotopic (exact) mass is 680 g/mol. The molecule has 1 heterocycles. The van der Waals surface area contributed by atoms with E-state index in [-0.39, 0.29) is 40.8 Å². The minimum absolute atomic E-state index is 0.0295. The maximum absolute atomic E-state index is 13.7. The number of ether oxygens (including phenoxy) is 1. The van der Waals surface area contributed by atoms with Gasteiger partial charge >= 0.3 is 5.97 Å². The van der Waals surface area contributed by atoms with Crippen molar-refractivity contribution < 1.29 is 28.6 Å². The molecule has 7 atom stereocenters. The zero-order valence-corrected chi connectivity index (χ0v) is 29.1. The second-order valence-corrected chi connectivity index (χ2v) is 16.8. The van der Waals surface area contributed by atoms with Crippen molar-refractivity contribution in [3.05, 3.63) is 52.9 Å². The zero-order valence-electron chi connectivity index (χ0n) is 27.5. The SMILES string of the molecule is CSCCCC(=O)c1cccc(-n2ncc3c2C=C2CC[C@@H]4[C@H]([C@@H](O)C[C@@]5(C)[C@H]4CC[C@]5(OC(=O)C4CC4)C(=O)SCF)[C@@]2(C)C3)c1. The van der Waals surface area contributed by atoms with Gasteiger partial charge in [-0.25, -0.2) is 9.07 Å². The first-order chi connectivity index (χ1) is 22.6. The normalized spacial score (nSPS) is 34.0. The Hall–Kier alpha value is -2.43. The zero-order chi connectivity index (χ0) is 33.1. The standard InChI is InChI=1S/C37H45FN2O5S2/c1-35-18-24-20-39-40(26-7-4-6-23(16-26)30(41)8-5-15-46-3)29(24)17-25(35)11-12-27-28-13-14-37(34(44)47-21-38,45-33(43)22-9-10-22)36(28,2)19-31(42)32(27)35/h4,6-7,16-17,20,22,27-28,31-32,42H,5,8-15,18-19,21H2,1-3H3/t27-,28-,31-,32+,35-,36-,37-/m0/s1. The van der Waals surface area contributed by atoms with E-state index in [2.05, 4.69) is 19.3 Å². The number of halogens is 1. The van der Waals surface area contributed by atoms with E-state index in [0.717, 1.165) is 61.2 Å². The van der Waals surface area contributed by atoms with Gasteiger partial charge in [-0.3, -0.25) is 14.4 Å². The number of aliphatic hydroxyl groups excluding tert-OH is 1. The van der Waals surface area contributed by atoms with Crippen molar-refractivity contribution in [2.24, 2.45) is 34.5 Å². The Morgan fingerprint density at radius 3 is 2.72 bits per heavy atom. The van der Waals surface area contributed by atoms with Crippen molar-refractivity contribution in [1.82, 2.24) is 9.78 Å². The van der Waals surface area contributed by atoms with Gasteiger partial charge in [-0.15, -0.1) is 0 Å². The molecule has 0 amide bonds. The molecule has 47 heavy (non-hydrogen) atoms. The first-order valence-electron chi connectivity index (χ1n) is 17.1. The van der Waals surface area contributed by atoms with Gasteiger partial charge in [0.15, 0.2) is 11.4 Å². The van der Waals surface area contributed by atoms with Crippen LogP contribution in [0.2, 0.25) is 0 Å². The first-order valence-corrected chi connectivity index (χ1v) is 19.5. The van der Waals surface area contributed by atoms with Crippen LogP contribution in [0.15, 0.2) is 36.0 Å². The summed E-state index contributed by atoms with van der Waals surface area (Å²) in [5.74, 6) is 0.772. The molecule has 252 valence electrons. The molecule has 2 aromatic rings. The summed E-state index contributed by atoms with van der Waals surface area (Å²) in [6, 6.07) is 6.87. The number of Topliss-reactive ketones (excluding diaryl/α,β-unsaturated/α-hetero) is 1. The Morgan fingerprint density at radius 2 is 1.98 bits per heavy atom. The van der Waals surface area contributed by atoms with Gasteiger partial charge < -0.3 is 9.84 Å². The van der Waals surface area contributed by atoms with Crippen LogP contribution in [0.25, 0.3) is 11.8 Å². The highest BCUT2D eigenvalue weighted by Gasteiger charge is 2.71. The molecule has 0 aliphatic heterocycles. The number of thioether (sulfide) groups is 2. The number of carbonyl (C=O) groups is 3. The lowest BCUT2D eigenvalue weighted by atomic mass is 9.45. The van der Waals surface area contributed by atoms with Crippen LogP contribution in [-0.4, -0.2) is 61.5 Å². The molecule has 7 nitrogen and oxygen atoms in total. The van der Waals surface area contributed by atoms with Crippen LogP contribution in [0.3, 0.4) is 0 Å². The number of benzene rings is 1. The molecule has 1 aromatic carbocycles. The Bertz CT molecular complexity index is 1620. The highest BCUT2D eigenvalue weighted by atomic mass is 32.2. The van der Waals surface area contributed by atoms with Gasteiger partial charge in [0.25, 0.3) is 0 Å². The van der Waals surface area contributed by atoms with E-state index in [0.29, 0.717) is 43.0 Å². The lowest BCUT2D eigenvalue weighted by Crippen LogP contribution is -2.62. The Kier molecular flexibility index (Phi) is 8.78. The summed E-state index contributed by atoms with van der Waals surface area (Å²) < 4.78 is 21.7. The second kappa shape index (κ2) is 12.5. The number of alkyl halides is 1. The minimum Gasteiger partial charge on any atom is -0.449 e. The highest BCUT2D eigenvalue weighted by Crippen LogP contribution is 2.69. The quantitative estimate of drug-likeness (QED) is 0.160. The third-order valence-electron chi connectivity index (χ3n) is 12.4. The van der Waals surface area contributed by atoms with Crippen LogP contribution in [0.4, 0.5) is 4.39 Å². The van der Waals surface area contributed by atoms with Crippen molar-refractivity contribution in [2.45, 2.75) is 89.8 Å². The van der Waals surface area contributed by atoms with E-state index in [1.807, 2.05) is 42.1 Å². The number of nitrogens with zero attached hydrogens (tertiary/aromatic N) is 2. The molecular weight excluding hydrogens is 636 g/mol. The lowest BCUT2D eigenvalue weighted by Gasteiger charge is -2.60. The van der Waals surface area contributed by atoms with Crippen LogP contribution in [0.5, 0.6) is 0 Å². The van der Waals surface area contributed by atoms with Gasteiger partial charge in [0.05, 0.1) is 29.6 Å². The van der Waals surface area contributed by atoms with Gasteiger partial charge in [-0.05, 0) is 128 Å². The van der Waals surface area contributed by atoms with E-state index in [1.165, 1.54) is 5.57 Å². The molecule has 7 rings (SSSR count). The number of esters is 1. The van der Waals surface area contributed by atoms with Crippen molar-refractivity contribution in [1.29, 1.82) is 0 Å². The van der Waals surface area contributed by atoms with Crippen molar-refractivity contribution in [2.75, 3.05) is 18.0 Å². The third kappa shape index (κ3) is 5.36. The third-order valence-corrected chi connectivity index (χ3v) is 13.8. The fraction of sp³-hybridized carbons (Fsp3) is 0.622. The van der Waals surface area contributed by atoms with E-state index in [9.17, 15) is 23.9 Å². The smallest absolute Gasteiger partial charge is 0.309 e. The summed E-state index contributed by atoms with van der Waals surface area (Å²) >= 11 is 2.35. The molecular formula is C37H45FN2O5S2. The van der Waals surface area contributed by atoms with Gasteiger partial charge in [0.2, 0.25) is 5.12 Å². The van der Waals surface area contributed by atoms with E-state index in [4.69, 9.17) is 9.84 Å². The first kappa shape index (κ1) is 33.1. The number of rotatable bonds is 10. The predicted octanol–water partition coefficient (Wildman–Crippen LogP) is 7.23. The molecule has 10 heteroatoms. The van der Waals surface area contributed by atoms with E-state index < -0.39 is 28.2 Å². The molecule has 1 N–H and O–H groups in total. The number of ketones is 1. The maximum atomic E-state index is 13.7. The molecule has 0 bridgehead atoms. The van der Waals surface area contributed by atoms with Crippen LogP contribution < -0.4 is 0 Å². The summed E-state index contributed by atoms with van der Waals surface area (Å²) in [4.78, 5) is 39.6. The summed E-state index contributed by atoms with van der Waals surface area (Å²) in [6.45, 7) is 4.29. The van der Waals surface area contributed by atoms with Gasteiger partial charge in [0, 0.05) is 17.4 Å². The lowest BCUT2D eigenvalue weighted by molar-refractivity contribution is -0.197. The molecule has 4 fully saturated rings. The largest absolute Gasteiger partial charge is 0.449 e. The van der Waals surface area contributed by atoms with Crippen LogP contribution in [0.1, 0.15) is 93.3 Å². The number of aliphatic hydroxyl groups is 1. The minimum atomic E-state index is -1.41. The number of aromatic nitrogens is 2. The molecule has 0 saturated heterocycles. The molecule has 1 aromatic heterocycles. The van der Waals surface area contributed by atoms with Gasteiger partial charge in [-0.1, -0.05) is 31.6 Å². The molecule has 0 radical (unpaired) electrons. The van der Waals surface area contributed by atoms with E-state index >= 15 is 0 Å². The summed E-state index contributed by atoms with van der Waals surface area (Å²) in [6.07, 6.45) is 12.3. The summed E-state index contributed by atoms with van der Waals surface area (Å²) in [7, 11) is 0. The number of hydrogen-bond acceptors (Lipinski definition) is 8. The van der Waals surface area contributed by atoms with Crippen LogP contribution >= 0.6 is 23.5 Å². The summed E-state index contributed by atoms with van der Waals surface area (Å²) in [5.41, 5.74) is 2.53. The number of carbonyl (C=O) groups excluding carboxylic acids is 3. The summed E-state index contributed by atoms with van der Waals surface area (Å²) in [5, 5.41) is 16.5. The molecule has 5 aliphatic carbocycles. The van der Waals surface area contributed by atoms with Crippen molar-refractivity contribution in [3.8, 4) is 5.69 Å². The van der Waals surface area contributed by atoms with Crippen LogP contribution in [0, 0.1) is 34.5 Å². The van der Waals surface area contributed by atoms with Gasteiger partial charge in [-0.2, -0.15) is 16.9 Å².